The summed E-state index contributed by atoms with van der Waals surface area (Å²) < 4.78 is 11.0. The van der Waals surface area contributed by atoms with Gasteiger partial charge in [-0.25, -0.2) is 4.98 Å². The Morgan fingerprint density at radius 3 is 2.47 bits per heavy atom. The van der Waals surface area contributed by atoms with Crippen LogP contribution in [0.4, 0.5) is 0 Å². The second-order valence-corrected chi connectivity index (χ2v) is 4.86. The summed E-state index contributed by atoms with van der Waals surface area (Å²) in [5, 5.41) is 9.01. The molecule has 4 heteroatoms. The van der Waals surface area contributed by atoms with E-state index in [1.807, 2.05) is 33.8 Å². The first kappa shape index (κ1) is 13.9. The summed E-state index contributed by atoms with van der Waals surface area (Å²) in [6.07, 6.45) is 0. The molecule has 0 amide bonds. The Labute approximate surface area is 103 Å². The molecular weight excluding hydrogens is 218 g/mol. The van der Waals surface area contributed by atoms with Crippen LogP contribution < -0.4 is 4.74 Å². The molecule has 0 radical (unpaired) electrons. The molecule has 17 heavy (non-hydrogen) atoms. The van der Waals surface area contributed by atoms with Gasteiger partial charge in [0.1, 0.15) is 6.61 Å². The lowest BCUT2D eigenvalue weighted by molar-refractivity contribution is -0.0168. The zero-order valence-electron chi connectivity index (χ0n) is 11.0. The molecule has 0 aliphatic rings. The molecule has 1 aromatic rings. The fraction of sp³-hybridized carbons (Fsp3) is 0.615. The highest BCUT2D eigenvalue weighted by Crippen LogP contribution is 2.12. The van der Waals surface area contributed by atoms with Gasteiger partial charge in [-0.15, -0.1) is 0 Å². The monoisotopic (exact) mass is 239 g/mol. The van der Waals surface area contributed by atoms with Crippen LogP contribution in [0.5, 0.6) is 5.88 Å². The van der Waals surface area contributed by atoms with Crippen molar-refractivity contribution in [3.05, 3.63) is 23.4 Å². The van der Waals surface area contributed by atoms with E-state index >= 15 is 0 Å². The predicted octanol–water partition coefficient (Wildman–Crippen LogP) is 2.08. The van der Waals surface area contributed by atoms with Crippen LogP contribution in [0.2, 0.25) is 0 Å². The quantitative estimate of drug-likeness (QED) is 0.799. The summed E-state index contributed by atoms with van der Waals surface area (Å²) in [7, 11) is 0. The Balaban J connectivity index is 2.40. The van der Waals surface area contributed by atoms with Crippen molar-refractivity contribution in [1.29, 1.82) is 0 Å². The molecule has 0 aliphatic heterocycles. The van der Waals surface area contributed by atoms with Gasteiger partial charge in [-0.3, -0.25) is 0 Å². The Hall–Kier alpha value is -1.13. The van der Waals surface area contributed by atoms with Crippen LogP contribution in [0.1, 0.15) is 32.0 Å². The number of nitrogens with zero attached hydrogens (tertiary/aromatic N) is 1. The van der Waals surface area contributed by atoms with E-state index in [0.29, 0.717) is 19.1 Å². The molecule has 96 valence electrons. The number of aliphatic hydroxyl groups is 1. The van der Waals surface area contributed by atoms with Gasteiger partial charge in [0, 0.05) is 11.8 Å². The molecule has 0 spiro atoms. The van der Waals surface area contributed by atoms with Crippen LogP contribution in [0.3, 0.4) is 0 Å². The molecule has 1 aromatic heterocycles. The zero-order chi connectivity index (χ0) is 12.9. The molecule has 0 fully saturated rings. The van der Waals surface area contributed by atoms with E-state index in [1.165, 1.54) is 0 Å². The van der Waals surface area contributed by atoms with Crippen molar-refractivity contribution < 1.29 is 14.6 Å². The second-order valence-electron chi connectivity index (χ2n) is 4.86. The Morgan fingerprint density at radius 2 is 1.94 bits per heavy atom. The molecule has 1 heterocycles. The first-order valence-electron chi connectivity index (χ1n) is 5.76. The number of hydrogen-bond acceptors (Lipinski definition) is 4. The maximum atomic E-state index is 9.01. The average molecular weight is 239 g/mol. The first-order valence-corrected chi connectivity index (χ1v) is 5.76. The van der Waals surface area contributed by atoms with E-state index in [9.17, 15) is 0 Å². The third kappa shape index (κ3) is 5.15. The Kier molecular flexibility index (Phi) is 4.90. The number of rotatable bonds is 5. The van der Waals surface area contributed by atoms with Gasteiger partial charge in [-0.1, -0.05) is 0 Å². The smallest absolute Gasteiger partial charge is 0.213 e. The van der Waals surface area contributed by atoms with Crippen molar-refractivity contribution in [1.82, 2.24) is 4.98 Å². The molecular formula is C13H21NO3. The highest BCUT2D eigenvalue weighted by atomic mass is 16.5. The standard InChI is InChI=1S/C13H21NO3/c1-10-11(9-15)5-6-12(14-10)16-7-8-17-13(2,3)4/h5-6,15H,7-9H2,1-4H3. The normalized spacial score (nSPS) is 11.6. The third-order valence-corrected chi connectivity index (χ3v) is 2.21. The van der Waals surface area contributed by atoms with Crippen LogP contribution in [-0.2, 0) is 11.3 Å². The molecule has 0 unspecified atom stereocenters. The molecule has 0 saturated heterocycles. The summed E-state index contributed by atoms with van der Waals surface area (Å²) in [5.41, 5.74) is 1.47. The first-order chi connectivity index (χ1) is 7.92. The molecule has 0 aromatic carbocycles. The van der Waals surface area contributed by atoms with Crippen LogP contribution in [-0.4, -0.2) is 28.9 Å². The maximum absolute atomic E-state index is 9.01. The van der Waals surface area contributed by atoms with Crippen molar-refractivity contribution in [2.45, 2.75) is 39.9 Å². The second kappa shape index (κ2) is 5.98. The van der Waals surface area contributed by atoms with E-state index in [2.05, 4.69) is 4.98 Å². The zero-order valence-corrected chi connectivity index (χ0v) is 11.0. The number of aliphatic hydroxyl groups excluding tert-OH is 1. The van der Waals surface area contributed by atoms with Gasteiger partial charge >= 0.3 is 0 Å². The summed E-state index contributed by atoms with van der Waals surface area (Å²) in [6, 6.07) is 3.58. The molecule has 1 rings (SSSR count). The van der Waals surface area contributed by atoms with Gasteiger partial charge in [-0.2, -0.15) is 0 Å². The number of pyridine rings is 1. The molecule has 4 nitrogen and oxygen atoms in total. The number of ether oxygens (including phenoxy) is 2. The van der Waals surface area contributed by atoms with E-state index in [0.717, 1.165) is 11.3 Å². The SMILES string of the molecule is Cc1nc(OCCOC(C)(C)C)ccc1CO. The molecule has 0 saturated carbocycles. The van der Waals surface area contributed by atoms with Crippen molar-refractivity contribution in [2.75, 3.05) is 13.2 Å². The van der Waals surface area contributed by atoms with Crippen molar-refractivity contribution >= 4 is 0 Å². The van der Waals surface area contributed by atoms with Crippen LogP contribution in [0.15, 0.2) is 12.1 Å². The molecule has 0 atom stereocenters. The van der Waals surface area contributed by atoms with Gasteiger partial charge in [-0.05, 0) is 39.3 Å². The van der Waals surface area contributed by atoms with Gasteiger partial charge < -0.3 is 14.6 Å². The lowest BCUT2D eigenvalue weighted by Gasteiger charge is -2.19. The number of aromatic nitrogens is 1. The molecule has 1 N–H and O–H groups in total. The highest BCUT2D eigenvalue weighted by Gasteiger charge is 2.09. The van der Waals surface area contributed by atoms with Crippen LogP contribution in [0.25, 0.3) is 0 Å². The van der Waals surface area contributed by atoms with Crippen LogP contribution >= 0.6 is 0 Å². The van der Waals surface area contributed by atoms with Gasteiger partial charge in [0.25, 0.3) is 0 Å². The Morgan fingerprint density at radius 1 is 1.24 bits per heavy atom. The van der Waals surface area contributed by atoms with Crippen molar-refractivity contribution in [2.24, 2.45) is 0 Å². The van der Waals surface area contributed by atoms with E-state index < -0.39 is 0 Å². The number of hydrogen-bond donors (Lipinski definition) is 1. The van der Waals surface area contributed by atoms with Gasteiger partial charge in [0.05, 0.1) is 18.8 Å². The minimum Gasteiger partial charge on any atom is -0.475 e. The Bertz CT molecular complexity index is 358. The third-order valence-electron chi connectivity index (χ3n) is 2.21. The lowest BCUT2D eigenvalue weighted by Crippen LogP contribution is -2.22. The molecule has 0 bridgehead atoms. The molecule has 0 aliphatic carbocycles. The average Bonchev–Trinajstić information content (AvgIpc) is 2.23. The van der Waals surface area contributed by atoms with Gasteiger partial charge in [0.2, 0.25) is 5.88 Å². The summed E-state index contributed by atoms with van der Waals surface area (Å²) >= 11 is 0. The van der Waals surface area contributed by atoms with E-state index in [1.54, 1.807) is 6.07 Å². The fourth-order valence-electron chi connectivity index (χ4n) is 1.31. The maximum Gasteiger partial charge on any atom is 0.213 e. The predicted molar refractivity (Wildman–Crippen MR) is 66.1 cm³/mol. The van der Waals surface area contributed by atoms with Crippen LogP contribution in [0, 0.1) is 6.92 Å². The summed E-state index contributed by atoms with van der Waals surface area (Å²) in [4.78, 5) is 4.24. The van der Waals surface area contributed by atoms with Crippen molar-refractivity contribution in [3.8, 4) is 5.88 Å². The van der Waals surface area contributed by atoms with E-state index in [-0.39, 0.29) is 12.2 Å². The number of aryl methyl sites for hydroxylation is 1. The largest absolute Gasteiger partial charge is 0.475 e. The lowest BCUT2D eigenvalue weighted by atomic mass is 10.2. The van der Waals surface area contributed by atoms with Gasteiger partial charge in [0.15, 0.2) is 0 Å². The van der Waals surface area contributed by atoms with Crippen molar-refractivity contribution in [3.63, 3.8) is 0 Å². The minimum absolute atomic E-state index is 0.00620. The fourth-order valence-corrected chi connectivity index (χ4v) is 1.31. The topological polar surface area (TPSA) is 51.6 Å². The van der Waals surface area contributed by atoms with E-state index in [4.69, 9.17) is 14.6 Å². The summed E-state index contributed by atoms with van der Waals surface area (Å²) in [6.45, 7) is 8.88. The summed E-state index contributed by atoms with van der Waals surface area (Å²) in [5.74, 6) is 0.567. The highest BCUT2D eigenvalue weighted by molar-refractivity contribution is 5.24. The minimum atomic E-state index is -0.145.